The highest BCUT2D eigenvalue weighted by Gasteiger charge is 2.48. The Morgan fingerprint density at radius 2 is 1.78 bits per heavy atom. The standard InChI is InChI=1S/C18H15F3O2/c1-11-3-5-12(6-4-11)9-16-14-8-7-13(22-2)10-15(14)17(23-16)18(19,20)21/h3-10,17H,1-2H3/b16-9-. The minimum atomic E-state index is -4.48. The molecule has 2 aromatic carbocycles. The monoisotopic (exact) mass is 320 g/mol. The van der Waals surface area contributed by atoms with E-state index in [4.69, 9.17) is 9.47 Å². The Morgan fingerprint density at radius 3 is 2.39 bits per heavy atom. The summed E-state index contributed by atoms with van der Waals surface area (Å²) in [6.07, 6.45) is -4.83. The zero-order valence-electron chi connectivity index (χ0n) is 12.6. The minimum absolute atomic E-state index is 0.0789. The number of aryl methyl sites for hydroxylation is 1. The van der Waals surface area contributed by atoms with Gasteiger partial charge in [0.1, 0.15) is 11.5 Å². The van der Waals surface area contributed by atoms with Crippen LogP contribution in [0.4, 0.5) is 13.2 Å². The molecule has 0 aliphatic carbocycles. The molecule has 3 rings (SSSR count). The third-order valence-electron chi connectivity index (χ3n) is 3.72. The maximum atomic E-state index is 13.2. The van der Waals surface area contributed by atoms with Crippen molar-refractivity contribution in [3.05, 3.63) is 64.7 Å². The first kappa shape index (κ1) is 15.5. The minimum Gasteiger partial charge on any atom is -0.497 e. The van der Waals surface area contributed by atoms with E-state index in [0.717, 1.165) is 11.1 Å². The van der Waals surface area contributed by atoms with Gasteiger partial charge >= 0.3 is 6.18 Å². The van der Waals surface area contributed by atoms with Gasteiger partial charge in [-0.15, -0.1) is 0 Å². The molecular weight excluding hydrogens is 305 g/mol. The first-order valence-corrected chi connectivity index (χ1v) is 7.08. The largest absolute Gasteiger partial charge is 0.497 e. The van der Waals surface area contributed by atoms with Gasteiger partial charge in [0, 0.05) is 11.1 Å². The van der Waals surface area contributed by atoms with Crippen LogP contribution in [0.15, 0.2) is 42.5 Å². The van der Waals surface area contributed by atoms with Gasteiger partial charge in [0.2, 0.25) is 6.10 Å². The molecule has 5 heteroatoms. The Bertz CT molecular complexity index is 746. The van der Waals surface area contributed by atoms with Crippen LogP contribution in [0.1, 0.15) is 28.4 Å². The molecule has 0 aromatic heterocycles. The molecule has 0 saturated carbocycles. The lowest BCUT2D eigenvalue weighted by Crippen LogP contribution is -2.19. The molecule has 1 aliphatic heterocycles. The SMILES string of the molecule is COc1ccc2c(c1)C(C(F)(F)F)O/C2=C\c1ccc(C)cc1. The van der Waals surface area contributed by atoms with E-state index in [-0.39, 0.29) is 11.3 Å². The average molecular weight is 320 g/mol. The summed E-state index contributed by atoms with van der Waals surface area (Å²) in [5.74, 6) is 0.590. The number of ether oxygens (including phenoxy) is 2. The van der Waals surface area contributed by atoms with Crippen LogP contribution in [0.2, 0.25) is 0 Å². The Balaban J connectivity index is 2.06. The van der Waals surface area contributed by atoms with Crippen molar-refractivity contribution in [3.63, 3.8) is 0 Å². The highest BCUT2D eigenvalue weighted by atomic mass is 19.4. The Morgan fingerprint density at radius 1 is 1.09 bits per heavy atom. The third kappa shape index (κ3) is 3.04. The molecule has 23 heavy (non-hydrogen) atoms. The predicted octanol–water partition coefficient (Wildman–Crippen LogP) is 5.14. The summed E-state index contributed by atoms with van der Waals surface area (Å²) in [4.78, 5) is 0. The van der Waals surface area contributed by atoms with Crippen LogP contribution in [-0.4, -0.2) is 13.3 Å². The van der Waals surface area contributed by atoms with E-state index < -0.39 is 12.3 Å². The van der Waals surface area contributed by atoms with Gasteiger partial charge < -0.3 is 9.47 Å². The lowest BCUT2D eigenvalue weighted by atomic mass is 10.0. The van der Waals surface area contributed by atoms with Crippen molar-refractivity contribution >= 4 is 11.8 Å². The molecule has 2 nitrogen and oxygen atoms in total. The summed E-state index contributed by atoms with van der Waals surface area (Å²) in [5, 5.41) is 0. The molecule has 0 fully saturated rings. The normalized spacial score (nSPS) is 18.7. The summed E-state index contributed by atoms with van der Waals surface area (Å²) in [6.45, 7) is 1.95. The van der Waals surface area contributed by atoms with Gasteiger partial charge in [-0.25, -0.2) is 0 Å². The molecule has 0 N–H and O–H groups in total. The van der Waals surface area contributed by atoms with Crippen LogP contribution in [0.25, 0.3) is 11.8 Å². The first-order valence-electron chi connectivity index (χ1n) is 7.08. The second-order valence-electron chi connectivity index (χ2n) is 5.41. The average Bonchev–Trinajstić information content (AvgIpc) is 2.87. The number of hydrogen-bond acceptors (Lipinski definition) is 2. The second kappa shape index (κ2) is 5.65. The maximum Gasteiger partial charge on any atom is 0.429 e. The summed E-state index contributed by atoms with van der Waals surface area (Å²) >= 11 is 0. The molecule has 2 aromatic rings. The Kier molecular flexibility index (Phi) is 3.80. The highest BCUT2D eigenvalue weighted by Crippen LogP contribution is 2.48. The fraction of sp³-hybridized carbons (Fsp3) is 0.222. The van der Waals surface area contributed by atoms with Crippen LogP contribution < -0.4 is 4.74 Å². The quantitative estimate of drug-likeness (QED) is 0.763. The summed E-state index contributed by atoms with van der Waals surface area (Å²) < 4.78 is 50.0. The van der Waals surface area contributed by atoms with E-state index in [0.29, 0.717) is 11.3 Å². The number of hydrogen-bond donors (Lipinski definition) is 0. The first-order chi connectivity index (χ1) is 10.9. The second-order valence-corrected chi connectivity index (χ2v) is 5.41. The lowest BCUT2D eigenvalue weighted by Gasteiger charge is -2.15. The van der Waals surface area contributed by atoms with E-state index in [2.05, 4.69) is 0 Å². The fourth-order valence-corrected chi connectivity index (χ4v) is 2.53. The molecule has 0 radical (unpaired) electrons. The van der Waals surface area contributed by atoms with Crippen LogP contribution in [0.5, 0.6) is 5.75 Å². The fourth-order valence-electron chi connectivity index (χ4n) is 2.53. The number of halogens is 3. The van der Waals surface area contributed by atoms with Crippen molar-refractivity contribution in [2.45, 2.75) is 19.2 Å². The van der Waals surface area contributed by atoms with E-state index in [1.165, 1.54) is 13.2 Å². The number of methoxy groups -OCH3 is 1. The lowest BCUT2D eigenvalue weighted by molar-refractivity contribution is -0.201. The number of fused-ring (bicyclic) bond motifs is 1. The maximum absolute atomic E-state index is 13.2. The number of benzene rings is 2. The van der Waals surface area contributed by atoms with E-state index in [9.17, 15) is 13.2 Å². The van der Waals surface area contributed by atoms with Crippen molar-refractivity contribution < 1.29 is 22.6 Å². The van der Waals surface area contributed by atoms with Crippen LogP contribution in [0.3, 0.4) is 0 Å². The summed E-state index contributed by atoms with van der Waals surface area (Å²) in [7, 11) is 1.42. The van der Waals surface area contributed by atoms with Crippen molar-refractivity contribution in [2.75, 3.05) is 7.11 Å². The highest BCUT2D eigenvalue weighted by molar-refractivity contribution is 5.81. The van der Waals surface area contributed by atoms with Crippen LogP contribution in [0, 0.1) is 6.92 Å². The molecule has 0 bridgehead atoms. The van der Waals surface area contributed by atoms with E-state index in [1.54, 1.807) is 18.2 Å². The van der Waals surface area contributed by atoms with Gasteiger partial charge in [-0.3, -0.25) is 0 Å². The molecule has 1 heterocycles. The summed E-state index contributed by atoms with van der Waals surface area (Å²) in [5.41, 5.74) is 2.39. The van der Waals surface area contributed by atoms with E-state index in [1.807, 2.05) is 31.2 Å². The zero-order chi connectivity index (χ0) is 16.6. The molecule has 120 valence electrons. The molecule has 0 saturated heterocycles. The molecule has 1 unspecified atom stereocenters. The van der Waals surface area contributed by atoms with Gasteiger partial charge in [0.25, 0.3) is 0 Å². The number of alkyl halides is 3. The molecule has 0 spiro atoms. The Hall–Kier alpha value is -2.43. The van der Waals surface area contributed by atoms with E-state index >= 15 is 0 Å². The van der Waals surface area contributed by atoms with Gasteiger partial charge in [-0.1, -0.05) is 29.8 Å². The predicted molar refractivity (Wildman–Crippen MR) is 81.9 cm³/mol. The molecule has 1 atom stereocenters. The molecule has 1 aliphatic rings. The topological polar surface area (TPSA) is 18.5 Å². The van der Waals surface area contributed by atoms with Crippen LogP contribution >= 0.6 is 0 Å². The Labute approximate surface area is 132 Å². The summed E-state index contributed by atoms with van der Waals surface area (Å²) in [6, 6.07) is 12.1. The zero-order valence-corrected chi connectivity index (χ0v) is 12.6. The van der Waals surface area contributed by atoms with Crippen molar-refractivity contribution in [1.82, 2.24) is 0 Å². The van der Waals surface area contributed by atoms with Crippen molar-refractivity contribution in [2.24, 2.45) is 0 Å². The smallest absolute Gasteiger partial charge is 0.429 e. The molecular formula is C18H15F3O2. The van der Waals surface area contributed by atoms with Gasteiger partial charge in [0.15, 0.2) is 0 Å². The van der Waals surface area contributed by atoms with Gasteiger partial charge in [-0.2, -0.15) is 13.2 Å². The van der Waals surface area contributed by atoms with Gasteiger partial charge in [0.05, 0.1) is 7.11 Å². The number of rotatable bonds is 2. The van der Waals surface area contributed by atoms with Crippen molar-refractivity contribution in [1.29, 1.82) is 0 Å². The van der Waals surface area contributed by atoms with Crippen molar-refractivity contribution in [3.8, 4) is 5.75 Å². The third-order valence-corrected chi connectivity index (χ3v) is 3.72. The van der Waals surface area contributed by atoms with Gasteiger partial charge in [-0.05, 0) is 36.8 Å². The molecule has 0 amide bonds. The van der Waals surface area contributed by atoms with Crippen LogP contribution in [-0.2, 0) is 4.74 Å².